The normalized spacial score (nSPS) is 19.2. The molecule has 0 radical (unpaired) electrons. The number of ether oxygens (including phenoxy) is 1. The molecule has 1 atom stereocenters. The minimum atomic E-state index is -0.306. The van der Waals surface area contributed by atoms with Gasteiger partial charge in [-0.1, -0.05) is 18.2 Å². The second kappa shape index (κ2) is 7.18. The van der Waals surface area contributed by atoms with Crippen LogP contribution in [0, 0.1) is 5.82 Å². The first-order valence-electron chi connectivity index (χ1n) is 8.66. The van der Waals surface area contributed by atoms with Gasteiger partial charge in [0.25, 0.3) is 5.91 Å². The minimum Gasteiger partial charge on any atom is -0.377 e. The SMILES string of the molecule is O=C(c1ccccc1SCC1CCCO1)N1CCc2ccc(F)cc21. The summed E-state index contributed by atoms with van der Waals surface area (Å²) in [6, 6.07) is 12.4. The van der Waals surface area contributed by atoms with Gasteiger partial charge in [0.2, 0.25) is 0 Å². The minimum absolute atomic E-state index is 0.0557. The third-order valence-corrected chi connectivity index (χ3v) is 5.96. The fourth-order valence-electron chi connectivity index (χ4n) is 3.44. The number of nitrogens with zero attached hydrogens (tertiary/aromatic N) is 1. The molecule has 2 aromatic carbocycles. The van der Waals surface area contributed by atoms with Crippen LogP contribution >= 0.6 is 11.8 Å². The van der Waals surface area contributed by atoms with Gasteiger partial charge in [0.05, 0.1) is 17.4 Å². The summed E-state index contributed by atoms with van der Waals surface area (Å²) in [6.07, 6.45) is 3.24. The van der Waals surface area contributed by atoms with Crippen molar-refractivity contribution in [1.29, 1.82) is 0 Å². The molecule has 25 heavy (non-hydrogen) atoms. The molecular weight excluding hydrogens is 337 g/mol. The van der Waals surface area contributed by atoms with E-state index in [0.29, 0.717) is 17.8 Å². The molecule has 130 valence electrons. The van der Waals surface area contributed by atoms with Gasteiger partial charge in [-0.3, -0.25) is 4.79 Å². The van der Waals surface area contributed by atoms with E-state index in [2.05, 4.69) is 0 Å². The molecule has 2 aromatic rings. The first kappa shape index (κ1) is 16.6. The maximum absolute atomic E-state index is 13.6. The molecule has 5 heteroatoms. The van der Waals surface area contributed by atoms with Crippen LogP contribution in [0.15, 0.2) is 47.4 Å². The van der Waals surface area contributed by atoms with Gasteiger partial charge in [-0.15, -0.1) is 11.8 Å². The van der Waals surface area contributed by atoms with Crippen molar-refractivity contribution < 1.29 is 13.9 Å². The molecule has 1 saturated heterocycles. The summed E-state index contributed by atoms with van der Waals surface area (Å²) in [4.78, 5) is 15.8. The first-order chi connectivity index (χ1) is 12.2. The summed E-state index contributed by atoms with van der Waals surface area (Å²) in [7, 11) is 0. The number of carbonyl (C=O) groups is 1. The number of carbonyl (C=O) groups excluding carboxylic acids is 1. The van der Waals surface area contributed by atoms with E-state index in [9.17, 15) is 9.18 Å². The summed E-state index contributed by atoms with van der Waals surface area (Å²) in [5, 5.41) is 0. The van der Waals surface area contributed by atoms with Crippen molar-refractivity contribution in [2.75, 3.05) is 23.8 Å². The Morgan fingerprint density at radius 1 is 1.28 bits per heavy atom. The van der Waals surface area contributed by atoms with Crippen molar-refractivity contribution in [3.05, 3.63) is 59.4 Å². The average Bonchev–Trinajstić information content (AvgIpc) is 3.29. The highest BCUT2D eigenvalue weighted by Gasteiger charge is 2.27. The Kier molecular flexibility index (Phi) is 4.77. The molecule has 2 heterocycles. The molecule has 0 spiro atoms. The number of thioether (sulfide) groups is 1. The zero-order chi connectivity index (χ0) is 17.2. The zero-order valence-electron chi connectivity index (χ0n) is 13.9. The van der Waals surface area contributed by atoms with Crippen LogP contribution in [0.25, 0.3) is 0 Å². The van der Waals surface area contributed by atoms with Gasteiger partial charge in [0.15, 0.2) is 0 Å². The lowest BCUT2D eigenvalue weighted by atomic mass is 10.1. The van der Waals surface area contributed by atoms with E-state index in [-0.39, 0.29) is 17.8 Å². The van der Waals surface area contributed by atoms with Crippen molar-refractivity contribution in [2.45, 2.75) is 30.3 Å². The van der Waals surface area contributed by atoms with Gasteiger partial charge in [-0.25, -0.2) is 4.39 Å². The summed E-state index contributed by atoms with van der Waals surface area (Å²) >= 11 is 1.67. The number of rotatable bonds is 4. The van der Waals surface area contributed by atoms with Gasteiger partial charge >= 0.3 is 0 Å². The Morgan fingerprint density at radius 2 is 2.16 bits per heavy atom. The largest absolute Gasteiger partial charge is 0.377 e. The third kappa shape index (κ3) is 3.44. The highest BCUT2D eigenvalue weighted by molar-refractivity contribution is 7.99. The molecule has 1 unspecified atom stereocenters. The van der Waals surface area contributed by atoms with Gasteiger partial charge in [0, 0.05) is 23.8 Å². The molecule has 2 aliphatic heterocycles. The lowest BCUT2D eigenvalue weighted by Crippen LogP contribution is -2.29. The lowest BCUT2D eigenvalue weighted by Gasteiger charge is -2.19. The predicted molar refractivity (Wildman–Crippen MR) is 97.9 cm³/mol. The molecule has 3 nitrogen and oxygen atoms in total. The molecule has 2 aliphatic rings. The Hall–Kier alpha value is -1.85. The van der Waals surface area contributed by atoms with Crippen LogP contribution in [0.5, 0.6) is 0 Å². The number of amides is 1. The summed E-state index contributed by atoms with van der Waals surface area (Å²) in [5.74, 6) is 0.495. The summed E-state index contributed by atoms with van der Waals surface area (Å²) < 4.78 is 19.3. The van der Waals surface area contributed by atoms with E-state index in [0.717, 1.165) is 42.1 Å². The summed E-state index contributed by atoms with van der Waals surface area (Å²) in [5.41, 5.74) is 2.41. The molecule has 1 amide bonds. The van der Waals surface area contributed by atoms with Crippen molar-refractivity contribution in [3.63, 3.8) is 0 Å². The quantitative estimate of drug-likeness (QED) is 0.764. The van der Waals surface area contributed by atoms with Crippen LogP contribution in [0.1, 0.15) is 28.8 Å². The second-order valence-corrected chi connectivity index (χ2v) is 7.48. The van der Waals surface area contributed by atoms with Gasteiger partial charge in [0.1, 0.15) is 5.82 Å². The zero-order valence-corrected chi connectivity index (χ0v) is 14.7. The van der Waals surface area contributed by atoms with Gasteiger partial charge < -0.3 is 9.64 Å². The maximum atomic E-state index is 13.6. The molecular formula is C20H20FNO2S. The van der Waals surface area contributed by atoms with Gasteiger partial charge in [-0.2, -0.15) is 0 Å². The highest BCUT2D eigenvalue weighted by atomic mass is 32.2. The van der Waals surface area contributed by atoms with Crippen molar-refractivity contribution in [2.24, 2.45) is 0 Å². The monoisotopic (exact) mass is 357 g/mol. The Labute approximate surface area is 151 Å². The molecule has 0 N–H and O–H groups in total. The number of hydrogen-bond acceptors (Lipinski definition) is 3. The smallest absolute Gasteiger partial charge is 0.259 e. The lowest BCUT2D eigenvalue weighted by molar-refractivity contribution is 0.0986. The van der Waals surface area contributed by atoms with E-state index >= 15 is 0 Å². The topological polar surface area (TPSA) is 29.5 Å². The first-order valence-corrected chi connectivity index (χ1v) is 9.64. The van der Waals surface area contributed by atoms with E-state index in [1.54, 1.807) is 22.7 Å². The molecule has 1 fully saturated rings. The van der Waals surface area contributed by atoms with Crippen LogP contribution in [0.3, 0.4) is 0 Å². The van der Waals surface area contributed by atoms with E-state index < -0.39 is 0 Å². The Morgan fingerprint density at radius 3 is 3.00 bits per heavy atom. The van der Waals surface area contributed by atoms with Crippen LogP contribution in [0.2, 0.25) is 0 Å². The number of benzene rings is 2. The van der Waals surface area contributed by atoms with E-state index in [1.807, 2.05) is 24.3 Å². The maximum Gasteiger partial charge on any atom is 0.259 e. The number of halogens is 1. The Bertz CT molecular complexity index is 789. The number of fused-ring (bicyclic) bond motifs is 1. The molecule has 4 rings (SSSR count). The van der Waals surface area contributed by atoms with Crippen LogP contribution < -0.4 is 4.90 Å². The third-order valence-electron chi connectivity index (χ3n) is 4.75. The van der Waals surface area contributed by atoms with Crippen LogP contribution in [0.4, 0.5) is 10.1 Å². The van der Waals surface area contributed by atoms with Crippen molar-refractivity contribution >= 4 is 23.4 Å². The van der Waals surface area contributed by atoms with E-state index in [1.165, 1.54) is 12.1 Å². The molecule has 0 aliphatic carbocycles. The fraction of sp³-hybridized carbons (Fsp3) is 0.350. The van der Waals surface area contributed by atoms with Gasteiger partial charge in [-0.05, 0) is 49.1 Å². The standard InChI is InChI=1S/C20H20FNO2S/c21-15-8-7-14-9-10-22(18(14)12-15)20(23)17-5-1-2-6-19(17)25-13-16-4-3-11-24-16/h1-2,5-8,12,16H,3-4,9-11,13H2. The van der Waals surface area contributed by atoms with E-state index in [4.69, 9.17) is 4.74 Å². The highest BCUT2D eigenvalue weighted by Crippen LogP contribution is 2.33. The number of anilines is 1. The van der Waals surface area contributed by atoms with Crippen LogP contribution in [-0.4, -0.2) is 30.9 Å². The Balaban J connectivity index is 1.56. The van der Waals surface area contributed by atoms with Crippen molar-refractivity contribution in [1.82, 2.24) is 0 Å². The number of hydrogen-bond donors (Lipinski definition) is 0. The molecule has 0 saturated carbocycles. The average molecular weight is 357 g/mol. The summed E-state index contributed by atoms with van der Waals surface area (Å²) in [6.45, 7) is 1.43. The van der Waals surface area contributed by atoms with Crippen molar-refractivity contribution in [3.8, 4) is 0 Å². The second-order valence-electron chi connectivity index (χ2n) is 6.42. The van der Waals surface area contributed by atoms with Crippen LogP contribution in [-0.2, 0) is 11.2 Å². The fourth-order valence-corrected chi connectivity index (χ4v) is 4.55. The molecule has 0 bridgehead atoms. The predicted octanol–water partition coefficient (Wildman–Crippen LogP) is 4.30. The molecule has 0 aromatic heterocycles.